The first-order valence-corrected chi connectivity index (χ1v) is 10.3. The van der Waals surface area contributed by atoms with Crippen LogP contribution in [-0.2, 0) is 4.79 Å². The van der Waals surface area contributed by atoms with Gasteiger partial charge in [-0.3, -0.25) is 14.7 Å². The van der Waals surface area contributed by atoms with Crippen molar-refractivity contribution < 1.29 is 4.79 Å². The third kappa shape index (κ3) is 2.94. The van der Waals surface area contributed by atoms with Gasteiger partial charge in [-0.25, -0.2) is 4.98 Å². The molecule has 1 saturated carbocycles. The molecule has 0 aromatic carbocycles. The number of aromatic nitrogens is 1. The summed E-state index contributed by atoms with van der Waals surface area (Å²) < 4.78 is 0. The molecule has 2 atom stereocenters. The van der Waals surface area contributed by atoms with Gasteiger partial charge in [0.25, 0.3) is 0 Å². The zero-order chi connectivity index (χ0) is 17.4. The summed E-state index contributed by atoms with van der Waals surface area (Å²) in [6, 6.07) is 2.31. The fraction of sp³-hybridized carbons (Fsp3) is 0.632. The van der Waals surface area contributed by atoms with E-state index in [0.29, 0.717) is 6.04 Å². The standard InChI is InChI=1S/C19H26N4OS/c1-3-11-22(2)14-9-10-20-18-15(14)16-17(25-18)19(24)23(12-21-16)13-7-5-4-6-8-13/h9-10,12-13,16-17H,3-8,11H2,1-2H3. The van der Waals surface area contributed by atoms with E-state index in [0.717, 1.165) is 36.4 Å². The number of pyridine rings is 1. The van der Waals surface area contributed by atoms with Crippen LogP contribution in [0.5, 0.6) is 0 Å². The van der Waals surface area contributed by atoms with E-state index >= 15 is 0 Å². The van der Waals surface area contributed by atoms with Gasteiger partial charge in [0.2, 0.25) is 5.91 Å². The molecule has 0 saturated heterocycles. The molecule has 2 aliphatic heterocycles. The van der Waals surface area contributed by atoms with Gasteiger partial charge in [0.15, 0.2) is 0 Å². The molecule has 3 aliphatic rings. The number of rotatable bonds is 4. The molecule has 1 fully saturated rings. The molecule has 1 aliphatic carbocycles. The van der Waals surface area contributed by atoms with Crippen LogP contribution >= 0.6 is 11.8 Å². The van der Waals surface area contributed by atoms with E-state index in [1.54, 1.807) is 11.8 Å². The topological polar surface area (TPSA) is 48.8 Å². The summed E-state index contributed by atoms with van der Waals surface area (Å²) in [6.45, 7) is 3.17. The van der Waals surface area contributed by atoms with E-state index in [2.05, 4.69) is 29.9 Å². The molecule has 1 aromatic heterocycles. The Bertz CT molecular complexity index is 686. The number of carbonyl (C=O) groups excluding carboxylic acids is 1. The second kappa shape index (κ2) is 6.98. The van der Waals surface area contributed by atoms with E-state index in [-0.39, 0.29) is 17.2 Å². The lowest BCUT2D eigenvalue weighted by molar-refractivity contribution is -0.129. The van der Waals surface area contributed by atoms with Crippen LogP contribution in [0.15, 0.2) is 22.3 Å². The molecule has 25 heavy (non-hydrogen) atoms. The van der Waals surface area contributed by atoms with Crippen molar-refractivity contribution in [1.82, 2.24) is 9.88 Å². The molecule has 4 rings (SSSR count). The first kappa shape index (κ1) is 16.9. The van der Waals surface area contributed by atoms with Crippen LogP contribution in [0.2, 0.25) is 0 Å². The predicted octanol–water partition coefficient (Wildman–Crippen LogP) is 3.65. The van der Waals surface area contributed by atoms with Crippen LogP contribution < -0.4 is 4.90 Å². The molecule has 1 aromatic rings. The van der Waals surface area contributed by atoms with Crippen molar-refractivity contribution in [1.29, 1.82) is 0 Å². The van der Waals surface area contributed by atoms with Gasteiger partial charge in [-0.1, -0.05) is 37.9 Å². The number of anilines is 1. The summed E-state index contributed by atoms with van der Waals surface area (Å²) in [7, 11) is 2.11. The van der Waals surface area contributed by atoms with E-state index in [1.807, 2.05) is 17.4 Å². The minimum Gasteiger partial charge on any atom is -0.374 e. The molecule has 5 nitrogen and oxygen atoms in total. The molecule has 0 N–H and O–H groups in total. The summed E-state index contributed by atoms with van der Waals surface area (Å²) >= 11 is 1.60. The largest absolute Gasteiger partial charge is 0.374 e. The van der Waals surface area contributed by atoms with Crippen molar-refractivity contribution in [3.05, 3.63) is 17.8 Å². The molecule has 0 radical (unpaired) electrons. The highest BCUT2D eigenvalue weighted by atomic mass is 32.2. The van der Waals surface area contributed by atoms with Gasteiger partial charge in [-0.05, 0) is 25.3 Å². The van der Waals surface area contributed by atoms with Crippen LogP contribution in [0.25, 0.3) is 0 Å². The summed E-state index contributed by atoms with van der Waals surface area (Å²) in [4.78, 5) is 26.7. The molecule has 3 heterocycles. The molecule has 1 amide bonds. The summed E-state index contributed by atoms with van der Waals surface area (Å²) in [5.74, 6) is 0.221. The van der Waals surface area contributed by atoms with Gasteiger partial charge in [0.1, 0.15) is 16.3 Å². The van der Waals surface area contributed by atoms with E-state index in [1.165, 1.54) is 24.9 Å². The number of carbonyl (C=O) groups is 1. The maximum absolute atomic E-state index is 13.2. The van der Waals surface area contributed by atoms with Gasteiger partial charge in [0, 0.05) is 37.1 Å². The van der Waals surface area contributed by atoms with Gasteiger partial charge >= 0.3 is 0 Å². The highest BCUT2D eigenvalue weighted by Crippen LogP contribution is 2.50. The van der Waals surface area contributed by atoms with Crippen LogP contribution in [0.1, 0.15) is 57.1 Å². The second-order valence-corrected chi connectivity index (χ2v) is 8.39. The molecule has 134 valence electrons. The number of amides is 1. The zero-order valence-corrected chi connectivity index (χ0v) is 15.8. The average Bonchev–Trinajstić information content (AvgIpc) is 3.03. The van der Waals surface area contributed by atoms with E-state index < -0.39 is 0 Å². The van der Waals surface area contributed by atoms with Crippen molar-refractivity contribution in [3.63, 3.8) is 0 Å². The number of hydrogen-bond donors (Lipinski definition) is 0. The maximum Gasteiger partial charge on any atom is 0.244 e. The minimum atomic E-state index is -0.148. The maximum atomic E-state index is 13.2. The first-order chi connectivity index (χ1) is 12.2. The number of thioether (sulfide) groups is 1. The molecule has 2 unspecified atom stereocenters. The lowest BCUT2D eigenvalue weighted by atomic mass is 9.93. The Kier molecular flexibility index (Phi) is 4.71. The quantitative estimate of drug-likeness (QED) is 0.824. The van der Waals surface area contributed by atoms with Crippen LogP contribution in [0.4, 0.5) is 5.69 Å². The molecule has 0 spiro atoms. The van der Waals surface area contributed by atoms with Crippen molar-refractivity contribution in [3.8, 4) is 0 Å². The molecular formula is C19H26N4OS. The lowest BCUT2D eigenvalue weighted by Gasteiger charge is -2.36. The Hall–Kier alpha value is -1.56. The number of nitrogens with zero attached hydrogens (tertiary/aromatic N) is 4. The Morgan fingerprint density at radius 3 is 2.88 bits per heavy atom. The molecule has 6 heteroatoms. The fourth-order valence-electron chi connectivity index (χ4n) is 4.26. The van der Waals surface area contributed by atoms with Crippen molar-refractivity contribution in [2.75, 3.05) is 18.5 Å². The van der Waals surface area contributed by atoms with E-state index in [4.69, 9.17) is 4.99 Å². The third-order valence-corrected chi connectivity index (χ3v) is 6.80. The number of aliphatic imine (C=N–C) groups is 1. The summed E-state index contributed by atoms with van der Waals surface area (Å²) in [6.07, 6.45) is 10.7. The number of hydrogen-bond acceptors (Lipinski definition) is 5. The summed E-state index contributed by atoms with van der Waals surface area (Å²) in [5, 5.41) is 0.831. The SMILES string of the molecule is CCCN(C)c1ccnc2c1C1N=CN(C3CCCCC3)C(=O)C1S2. The van der Waals surface area contributed by atoms with Crippen LogP contribution in [0, 0.1) is 0 Å². The third-order valence-electron chi connectivity index (χ3n) is 5.54. The van der Waals surface area contributed by atoms with Gasteiger partial charge < -0.3 is 4.90 Å². The molecule has 0 bridgehead atoms. The Balaban J connectivity index is 1.64. The van der Waals surface area contributed by atoms with Crippen molar-refractivity contribution in [2.45, 2.75) is 67.8 Å². The van der Waals surface area contributed by atoms with Gasteiger partial charge in [-0.15, -0.1) is 0 Å². The highest BCUT2D eigenvalue weighted by molar-refractivity contribution is 8.01. The van der Waals surface area contributed by atoms with Crippen LogP contribution in [0.3, 0.4) is 0 Å². The minimum absolute atomic E-state index is 0.0876. The van der Waals surface area contributed by atoms with Gasteiger partial charge in [-0.2, -0.15) is 0 Å². The van der Waals surface area contributed by atoms with E-state index in [9.17, 15) is 4.79 Å². The lowest BCUT2D eigenvalue weighted by Crippen LogP contribution is -2.48. The smallest absolute Gasteiger partial charge is 0.244 e. The van der Waals surface area contributed by atoms with Gasteiger partial charge in [0.05, 0.1) is 6.34 Å². The Morgan fingerprint density at radius 1 is 1.32 bits per heavy atom. The molecular weight excluding hydrogens is 332 g/mol. The normalized spacial score (nSPS) is 25.8. The zero-order valence-electron chi connectivity index (χ0n) is 15.0. The highest BCUT2D eigenvalue weighted by Gasteiger charge is 2.46. The van der Waals surface area contributed by atoms with Crippen molar-refractivity contribution >= 4 is 29.7 Å². The second-order valence-electron chi connectivity index (χ2n) is 7.26. The van der Waals surface area contributed by atoms with Crippen molar-refractivity contribution in [2.24, 2.45) is 4.99 Å². The summed E-state index contributed by atoms with van der Waals surface area (Å²) in [5.41, 5.74) is 2.31. The average molecular weight is 359 g/mol. The fourth-order valence-corrected chi connectivity index (χ4v) is 5.53. The number of fused-ring (bicyclic) bond motifs is 3. The van der Waals surface area contributed by atoms with Crippen LogP contribution in [-0.4, -0.2) is 47.0 Å². The Morgan fingerprint density at radius 2 is 2.12 bits per heavy atom. The Labute approximate surface area is 153 Å². The first-order valence-electron chi connectivity index (χ1n) is 9.43. The monoisotopic (exact) mass is 358 g/mol. The predicted molar refractivity (Wildman–Crippen MR) is 102 cm³/mol.